The van der Waals surface area contributed by atoms with Crippen LogP contribution in [0.2, 0.25) is 0 Å². The quantitative estimate of drug-likeness (QED) is 0.285. The summed E-state index contributed by atoms with van der Waals surface area (Å²) in [6, 6.07) is 14.1. The summed E-state index contributed by atoms with van der Waals surface area (Å²) in [5, 5.41) is 4.70. The summed E-state index contributed by atoms with van der Waals surface area (Å²) in [5.74, 6) is 1.39. The van der Waals surface area contributed by atoms with Crippen LogP contribution in [0, 0.1) is 20.8 Å². The van der Waals surface area contributed by atoms with Gasteiger partial charge in [-0.2, -0.15) is 0 Å². The Kier molecular flexibility index (Phi) is 5.83. The van der Waals surface area contributed by atoms with Gasteiger partial charge in [-0.3, -0.25) is 9.69 Å². The van der Waals surface area contributed by atoms with E-state index in [0.717, 1.165) is 38.7 Å². The Morgan fingerprint density at radius 3 is 2.63 bits per heavy atom. The fraction of sp³-hybridized carbons (Fsp3) is 0.217. The predicted molar refractivity (Wildman–Crippen MR) is 125 cm³/mol. The van der Waals surface area contributed by atoms with Crippen LogP contribution in [0.4, 0.5) is 10.8 Å². The largest absolute Gasteiger partial charge is 0.274 e. The summed E-state index contributed by atoms with van der Waals surface area (Å²) in [4.78, 5) is 28.0. The van der Waals surface area contributed by atoms with Crippen LogP contribution < -0.4 is 4.90 Å². The minimum absolute atomic E-state index is 0.0482. The molecule has 0 unspecified atom stereocenters. The van der Waals surface area contributed by atoms with Crippen LogP contribution in [0.15, 0.2) is 52.9 Å². The highest BCUT2D eigenvalue weighted by Gasteiger charge is 2.20. The van der Waals surface area contributed by atoms with Gasteiger partial charge in [-0.25, -0.2) is 15.0 Å². The summed E-state index contributed by atoms with van der Waals surface area (Å²) >= 11 is 3.12. The number of para-hydroxylation sites is 1. The second-order valence-electron chi connectivity index (χ2n) is 7.15. The molecule has 0 N–H and O–H groups in total. The van der Waals surface area contributed by atoms with E-state index in [-0.39, 0.29) is 5.91 Å². The van der Waals surface area contributed by atoms with Crippen molar-refractivity contribution in [2.45, 2.75) is 38.5 Å². The van der Waals surface area contributed by atoms with Crippen molar-refractivity contribution in [3.63, 3.8) is 0 Å². The van der Waals surface area contributed by atoms with Gasteiger partial charge in [0.1, 0.15) is 10.9 Å². The van der Waals surface area contributed by atoms with E-state index in [0.29, 0.717) is 10.9 Å². The molecular weight excluding hydrogens is 412 g/mol. The van der Waals surface area contributed by atoms with E-state index in [9.17, 15) is 4.79 Å². The summed E-state index contributed by atoms with van der Waals surface area (Å²) < 4.78 is 0. The molecule has 0 fully saturated rings. The Hall–Kier alpha value is -2.77. The molecular formula is C23H22N4OS2. The molecule has 0 radical (unpaired) electrons. The van der Waals surface area contributed by atoms with Crippen molar-refractivity contribution in [2.75, 3.05) is 4.90 Å². The highest BCUT2D eigenvalue weighted by Crippen LogP contribution is 2.34. The number of anilines is 2. The third-order valence-electron chi connectivity index (χ3n) is 4.68. The molecule has 152 valence electrons. The van der Waals surface area contributed by atoms with Crippen LogP contribution in [-0.4, -0.2) is 20.9 Å². The average Bonchev–Trinajstić information content (AvgIpc) is 3.16. The Bertz CT molecular complexity index is 1240. The van der Waals surface area contributed by atoms with Crippen molar-refractivity contribution >= 4 is 50.7 Å². The molecule has 0 saturated carbocycles. The first-order valence-corrected chi connectivity index (χ1v) is 11.5. The monoisotopic (exact) mass is 434 g/mol. The van der Waals surface area contributed by atoms with Crippen LogP contribution in [0.5, 0.6) is 0 Å². The van der Waals surface area contributed by atoms with E-state index >= 15 is 0 Å². The Balaban J connectivity index is 1.59. The molecule has 2 aromatic heterocycles. The number of fused-ring (bicyclic) bond motifs is 1. The molecule has 4 aromatic rings. The number of hydrogen-bond acceptors (Lipinski definition) is 6. The first-order valence-electron chi connectivity index (χ1n) is 9.61. The first-order chi connectivity index (χ1) is 14.4. The van der Waals surface area contributed by atoms with Crippen molar-refractivity contribution in [1.82, 2.24) is 15.0 Å². The van der Waals surface area contributed by atoms with Gasteiger partial charge in [0.25, 0.3) is 0 Å². The normalized spacial score (nSPS) is 11.1. The number of thiazole rings is 1. The molecule has 0 aliphatic heterocycles. The van der Waals surface area contributed by atoms with Gasteiger partial charge in [0, 0.05) is 23.4 Å². The Morgan fingerprint density at radius 2 is 1.87 bits per heavy atom. The van der Waals surface area contributed by atoms with E-state index in [4.69, 9.17) is 4.98 Å². The van der Waals surface area contributed by atoms with Gasteiger partial charge in [-0.1, -0.05) is 47.7 Å². The van der Waals surface area contributed by atoms with Crippen LogP contribution in [0.3, 0.4) is 0 Å². The molecule has 0 spiro atoms. The fourth-order valence-corrected chi connectivity index (χ4v) is 5.28. The van der Waals surface area contributed by atoms with Gasteiger partial charge in [-0.15, -0.1) is 11.3 Å². The predicted octanol–water partition coefficient (Wildman–Crippen LogP) is 5.99. The molecule has 0 saturated heterocycles. The Morgan fingerprint density at radius 1 is 1.07 bits per heavy atom. The molecule has 2 heterocycles. The van der Waals surface area contributed by atoms with Gasteiger partial charge in [0.2, 0.25) is 5.91 Å². The van der Waals surface area contributed by atoms with Crippen molar-refractivity contribution in [1.29, 1.82) is 0 Å². The number of rotatable bonds is 5. The van der Waals surface area contributed by atoms with Crippen LogP contribution in [0.1, 0.15) is 29.6 Å². The lowest BCUT2D eigenvalue weighted by atomic mass is 10.1. The first kappa shape index (κ1) is 20.5. The number of aryl methyl sites for hydroxylation is 3. The number of amides is 1. The van der Waals surface area contributed by atoms with Gasteiger partial charge < -0.3 is 0 Å². The third-order valence-corrected chi connectivity index (χ3v) is 6.58. The van der Waals surface area contributed by atoms with Gasteiger partial charge >= 0.3 is 0 Å². The summed E-state index contributed by atoms with van der Waals surface area (Å²) in [6.45, 7) is 7.55. The molecule has 0 aliphatic carbocycles. The standard InChI is InChI=1S/C23H22N4OS2/c1-14-9-10-21(15(2)11-14)27(17(4)28)23-26-18(13-30-23)12-29-22-19-7-5-6-8-20(19)24-16(3)25-22/h5-11,13H,12H2,1-4H3. The molecule has 0 atom stereocenters. The van der Waals surface area contributed by atoms with Crippen LogP contribution in [-0.2, 0) is 10.5 Å². The molecule has 7 heteroatoms. The molecule has 2 aromatic carbocycles. The average molecular weight is 435 g/mol. The molecule has 0 aliphatic rings. The van der Waals surface area contributed by atoms with E-state index in [1.807, 2.05) is 62.5 Å². The zero-order valence-corrected chi connectivity index (χ0v) is 19.0. The van der Waals surface area contributed by atoms with E-state index in [1.54, 1.807) is 23.6 Å². The smallest absolute Gasteiger partial charge is 0.230 e. The van der Waals surface area contributed by atoms with E-state index < -0.39 is 0 Å². The van der Waals surface area contributed by atoms with Crippen LogP contribution >= 0.6 is 23.1 Å². The number of nitrogens with zero attached hydrogens (tertiary/aromatic N) is 4. The second-order valence-corrected chi connectivity index (χ2v) is 8.95. The SMILES string of the molecule is CC(=O)N(c1nc(CSc2nc(C)nc3ccccc23)cs1)c1ccc(C)cc1C. The lowest BCUT2D eigenvalue weighted by Crippen LogP contribution is -2.23. The van der Waals surface area contributed by atoms with Crippen molar-refractivity contribution in [3.8, 4) is 0 Å². The number of thioether (sulfide) groups is 1. The topological polar surface area (TPSA) is 59.0 Å². The van der Waals surface area contributed by atoms with Crippen LogP contribution in [0.25, 0.3) is 10.9 Å². The van der Waals surface area contributed by atoms with Gasteiger partial charge in [0.05, 0.1) is 16.9 Å². The molecule has 4 rings (SSSR count). The molecule has 1 amide bonds. The fourth-order valence-electron chi connectivity index (χ4n) is 3.34. The number of hydrogen-bond donors (Lipinski definition) is 0. The maximum atomic E-state index is 12.4. The number of carbonyl (C=O) groups excluding carboxylic acids is 1. The van der Waals surface area contributed by atoms with Crippen molar-refractivity contribution in [2.24, 2.45) is 0 Å². The van der Waals surface area contributed by atoms with Crippen molar-refractivity contribution < 1.29 is 4.79 Å². The maximum Gasteiger partial charge on any atom is 0.230 e. The third kappa shape index (κ3) is 4.22. The molecule has 0 bridgehead atoms. The summed E-state index contributed by atoms with van der Waals surface area (Å²) in [7, 11) is 0. The number of aromatic nitrogens is 3. The summed E-state index contributed by atoms with van der Waals surface area (Å²) in [5.41, 5.74) is 4.97. The Labute approximate surface area is 184 Å². The zero-order valence-electron chi connectivity index (χ0n) is 17.3. The van der Waals surface area contributed by atoms with E-state index in [2.05, 4.69) is 16.0 Å². The number of benzene rings is 2. The van der Waals surface area contributed by atoms with Crippen molar-refractivity contribution in [3.05, 3.63) is 70.5 Å². The highest BCUT2D eigenvalue weighted by molar-refractivity contribution is 7.98. The second kappa shape index (κ2) is 8.53. The highest BCUT2D eigenvalue weighted by atomic mass is 32.2. The minimum Gasteiger partial charge on any atom is -0.274 e. The minimum atomic E-state index is -0.0482. The lowest BCUT2D eigenvalue weighted by Gasteiger charge is -2.20. The van der Waals surface area contributed by atoms with Gasteiger partial charge in [0.15, 0.2) is 5.13 Å². The molecule has 5 nitrogen and oxygen atoms in total. The number of carbonyl (C=O) groups is 1. The molecule has 30 heavy (non-hydrogen) atoms. The van der Waals surface area contributed by atoms with Gasteiger partial charge in [-0.05, 0) is 38.5 Å². The lowest BCUT2D eigenvalue weighted by molar-refractivity contribution is -0.115. The summed E-state index contributed by atoms with van der Waals surface area (Å²) in [6.07, 6.45) is 0. The zero-order chi connectivity index (χ0) is 21.3. The van der Waals surface area contributed by atoms with E-state index in [1.165, 1.54) is 16.9 Å². The maximum absolute atomic E-state index is 12.4.